The predicted molar refractivity (Wildman–Crippen MR) is 124 cm³/mol. The van der Waals surface area contributed by atoms with Crippen LogP contribution in [0.1, 0.15) is 10.4 Å². The van der Waals surface area contributed by atoms with Crippen LogP contribution in [0.3, 0.4) is 0 Å². The van der Waals surface area contributed by atoms with Gasteiger partial charge in [-0.15, -0.1) is 0 Å². The number of thiazole rings is 1. The fraction of sp³-hybridized carbons (Fsp3) is 0.364. The molecule has 0 spiro atoms. The van der Waals surface area contributed by atoms with E-state index in [1.807, 2.05) is 18.2 Å². The molecule has 2 aliphatic heterocycles. The number of amides is 1. The highest BCUT2D eigenvalue weighted by atomic mass is 32.2. The van der Waals surface area contributed by atoms with Crippen molar-refractivity contribution in [1.82, 2.24) is 14.2 Å². The van der Waals surface area contributed by atoms with Crippen LogP contribution in [0.2, 0.25) is 0 Å². The lowest BCUT2D eigenvalue weighted by Gasteiger charge is -2.34. The molecule has 1 amide bonds. The summed E-state index contributed by atoms with van der Waals surface area (Å²) in [4.78, 5) is 21.9. The SMILES string of the molecule is O=C(c1cccc(S(=O)(=O)N2CCOCC2)c1)N1CCN(c2nc3ccccc3s2)CC1. The van der Waals surface area contributed by atoms with E-state index in [1.165, 1.54) is 10.4 Å². The molecule has 2 saturated heterocycles. The van der Waals surface area contributed by atoms with Crippen molar-refractivity contribution >= 4 is 42.6 Å². The molecule has 10 heteroatoms. The van der Waals surface area contributed by atoms with Gasteiger partial charge < -0.3 is 14.5 Å². The number of carbonyl (C=O) groups is 1. The smallest absolute Gasteiger partial charge is 0.254 e. The molecule has 3 aromatic rings. The molecule has 0 aliphatic carbocycles. The maximum Gasteiger partial charge on any atom is 0.254 e. The van der Waals surface area contributed by atoms with E-state index in [2.05, 4.69) is 11.0 Å². The molecule has 0 N–H and O–H groups in total. The molecule has 3 heterocycles. The number of benzene rings is 2. The molecule has 0 atom stereocenters. The van der Waals surface area contributed by atoms with Crippen molar-refractivity contribution in [3.05, 3.63) is 54.1 Å². The Morgan fingerprint density at radius 3 is 2.44 bits per heavy atom. The number of hydrogen-bond acceptors (Lipinski definition) is 7. The van der Waals surface area contributed by atoms with Gasteiger partial charge >= 0.3 is 0 Å². The fourth-order valence-corrected chi connectivity index (χ4v) is 6.48. The zero-order chi connectivity index (χ0) is 22.1. The van der Waals surface area contributed by atoms with E-state index >= 15 is 0 Å². The third-order valence-electron chi connectivity index (χ3n) is 5.81. The van der Waals surface area contributed by atoms with Gasteiger partial charge in [-0.1, -0.05) is 29.5 Å². The Balaban J connectivity index is 1.27. The number of ether oxygens (including phenoxy) is 1. The first-order chi connectivity index (χ1) is 15.5. The minimum absolute atomic E-state index is 0.145. The molecule has 2 aromatic carbocycles. The van der Waals surface area contributed by atoms with Gasteiger partial charge in [-0.05, 0) is 30.3 Å². The minimum atomic E-state index is -3.64. The number of carbonyl (C=O) groups excluding carboxylic acids is 1. The van der Waals surface area contributed by atoms with Crippen LogP contribution in [0.5, 0.6) is 0 Å². The molecule has 1 aromatic heterocycles. The largest absolute Gasteiger partial charge is 0.379 e. The predicted octanol–water partition coefficient (Wildman–Crippen LogP) is 2.28. The Kier molecular flexibility index (Phi) is 5.85. The van der Waals surface area contributed by atoms with E-state index in [9.17, 15) is 13.2 Å². The lowest BCUT2D eigenvalue weighted by atomic mass is 10.2. The average molecular weight is 473 g/mol. The Labute approximate surface area is 191 Å². The highest BCUT2D eigenvalue weighted by Crippen LogP contribution is 2.29. The number of morpholine rings is 1. The van der Waals surface area contributed by atoms with E-state index in [0.717, 1.165) is 15.3 Å². The topological polar surface area (TPSA) is 83.0 Å². The van der Waals surface area contributed by atoms with Crippen LogP contribution in [-0.4, -0.2) is 81.0 Å². The standard InChI is InChI=1S/C22H24N4O4S2/c27-21(17-4-3-5-18(16-17)32(28,29)26-12-14-30-15-13-26)24-8-10-25(11-9-24)22-23-19-6-1-2-7-20(19)31-22/h1-7,16H,8-15H2. The summed E-state index contributed by atoms with van der Waals surface area (Å²) < 4.78 is 33.7. The lowest BCUT2D eigenvalue weighted by Crippen LogP contribution is -2.48. The third-order valence-corrected chi connectivity index (χ3v) is 8.80. The zero-order valence-electron chi connectivity index (χ0n) is 17.5. The molecule has 0 radical (unpaired) electrons. The molecule has 168 valence electrons. The molecule has 0 saturated carbocycles. The molecule has 0 bridgehead atoms. The molecule has 0 unspecified atom stereocenters. The van der Waals surface area contributed by atoms with Gasteiger partial charge in [0.2, 0.25) is 10.0 Å². The maximum absolute atomic E-state index is 13.1. The molecule has 32 heavy (non-hydrogen) atoms. The highest BCUT2D eigenvalue weighted by molar-refractivity contribution is 7.89. The van der Waals surface area contributed by atoms with Gasteiger partial charge in [-0.3, -0.25) is 4.79 Å². The molecule has 2 aliphatic rings. The van der Waals surface area contributed by atoms with Crippen molar-refractivity contribution in [2.24, 2.45) is 0 Å². The summed E-state index contributed by atoms with van der Waals surface area (Å²) in [6, 6.07) is 14.4. The van der Waals surface area contributed by atoms with Gasteiger partial charge in [0.25, 0.3) is 5.91 Å². The van der Waals surface area contributed by atoms with Crippen molar-refractivity contribution in [3.63, 3.8) is 0 Å². The number of hydrogen-bond donors (Lipinski definition) is 0. The fourth-order valence-electron chi connectivity index (χ4n) is 4.00. The first-order valence-corrected chi connectivity index (χ1v) is 12.9. The van der Waals surface area contributed by atoms with Gasteiger partial charge in [0.05, 0.1) is 28.3 Å². The number of rotatable bonds is 4. The number of para-hydroxylation sites is 1. The van der Waals surface area contributed by atoms with Crippen LogP contribution in [0.25, 0.3) is 10.2 Å². The summed E-state index contributed by atoms with van der Waals surface area (Å²) >= 11 is 1.66. The van der Waals surface area contributed by atoms with Crippen molar-refractivity contribution in [2.75, 3.05) is 57.4 Å². The quantitative estimate of drug-likeness (QED) is 0.579. The molecule has 5 rings (SSSR count). The Hall–Kier alpha value is -2.53. The summed E-state index contributed by atoms with van der Waals surface area (Å²) in [6.45, 7) is 3.94. The summed E-state index contributed by atoms with van der Waals surface area (Å²) in [7, 11) is -3.64. The Morgan fingerprint density at radius 2 is 1.69 bits per heavy atom. The van der Waals surface area contributed by atoms with Gasteiger partial charge in [-0.2, -0.15) is 4.31 Å². The van der Waals surface area contributed by atoms with Gasteiger partial charge in [0, 0.05) is 44.8 Å². The minimum Gasteiger partial charge on any atom is -0.379 e. The number of piperazine rings is 1. The summed E-state index contributed by atoms with van der Waals surface area (Å²) in [5.41, 5.74) is 1.39. The normalized spacial score (nSPS) is 18.2. The van der Waals surface area contributed by atoms with Crippen LogP contribution in [-0.2, 0) is 14.8 Å². The monoisotopic (exact) mass is 472 g/mol. The molecule has 8 nitrogen and oxygen atoms in total. The number of anilines is 1. The van der Waals surface area contributed by atoms with E-state index < -0.39 is 10.0 Å². The molecular formula is C22H24N4O4S2. The highest BCUT2D eigenvalue weighted by Gasteiger charge is 2.28. The van der Waals surface area contributed by atoms with Crippen molar-refractivity contribution in [3.8, 4) is 0 Å². The van der Waals surface area contributed by atoms with Gasteiger partial charge in [0.1, 0.15) is 0 Å². The number of sulfonamides is 1. The second-order valence-corrected chi connectivity index (χ2v) is 10.7. The summed E-state index contributed by atoms with van der Waals surface area (Å²) in [5, 5.41) is 0.969. The van der Waals surface area contributed by atoms with Crippen molar-refractivity contribution in [2.45, 2.75) is 4.90 Å². The summed E-state index contributed by atoms with van der Waals surface area (Å²) in [5.74, 6) is -0.145. The zero-order valence-corrected chi connectivity index (χ0v) is 19.1. The van der Waals surface area contributed by atoms with Crippen LogP contribution < -0.4 is 4.90 Å². The van der Waals surface area contributed by atoms with Gasteiger partial charge in [-0.25, -0.2) is 13.4 Å². The first kappa shape index (κ1) is 21.3. The lowest BCUT2D eigenvalue weighted by molar-refractivity contribution is 0.0729. The van der Waals surface area contributed by atoms with Crippen molar-refractivity contribution in [1.29, 1.82) is 0 Å². The van der Waals surface area contributed by atoms with Gasteiger partial charge in [0.15, 0.2) is 5.13 Å². The second kappa shape index (κ2) is 8.78. The van der Waals surface area contributed by atoms with E-state index in [4.69, 9.17) is 9.72 Å². The van der Waals surface area contributed by atoms with Crippen molar-refractivity contribution < 1.29 is 17.9 Å². The second-order valence-electron chi connectivity index (χ2n) is 7.79. The Morgan fingerprint density at radius 1 is 0.938 bits per heavy atom. The summed E-state index contributed by atoms with van der Waals surface area (Å²) in [6.07, 6.45) is 0. The molecule has 2 fully saturated rings. The van der Waals surface area contributed by atoms with Crippen LogP contribution in [0.4, 0.5) is 5.13 Å². The van der Waals surface area contributed by atoms with E-state index in [1.54, 1.807) is 34.4 Å². The number of nitrogens with zero attached hydrogens (tertiary/aromatic N) is 4. The number of fused-ring (bicyclic) bond motifs is 1. The van der Waals surface area contributed by atoms with Crippen LogP contribution in [0, 0.1) is 0 Å². The van der Waals surface area contributed by atoms with E-state index in [0.29, 0.717) is 58.0 Å². The van der Waals surface area contributed by atoms with Crippen LogP contribution in [0.15, 0.2) is 53.4 Å². The molecular weight excluding hydrogens is 448 g/mol. The maximum atomic E-state index is 13.1. The van der Waals surface area contributed by atoms with E-state index in [-0.39, 0.29) is 10.8 Å². The first-order valence-electron chi connectivity index (χ1n) is 10.6. The number of aromatic nitrogens is 1. The average Bonchev–Trinajstić information content (AvgIpc) is 3.29. The van der Waals surface area contributed by atoms with Crippen LogP contribution >= 0.6 is 11.3 Å². The Bertz CT molecular complexity index is 1200. The third kappa shape index (κ3) is 4.11.